The van der Waals surface area contributed by atoms with Crippen molar-refractivity contribution in [3.63, 3.8) is 0 Å². The molecule has 0 unspecified atom stereocenters. The number of allylic oxidation sites excluding steroid dienone is 2. The van der Waals surface area contributed by atoms with Crippen LogP contribution in [0.5, 0.6) is 0 Å². The molecule has 0 aliphatic rings. The van der Waals surface area contributed by atoms with Gasteiger partial charge in [0, 0.05) is 6.42 Å². The Kier molecular flexibility index (Phi) is 20.4. The number of ether oxygens (including phenoxy) is 2. The molecule has 0 N–H and O–H groups in total. The lowest BCUT2D eigenvalue weighted by atomic mass is 10.1. The highest BCUT2D eigenvalue weighted by Gasteiger charge is 2.11. The fourth-order valence-electron chi connectivity index (χ4n) is 3.16. The van der Waals surface area contributed by atoms with E-state index in [1.807, 2.05) is 0 Å². The first-order valence-corrected chi connectivity index (χ1v) is 12.1. The summed E-state index contributed by atoms with van der Waals surface area (Å²) < 4.78 is 9.57. The van der Waals surface area contributed by atoms with Crippen LogP contribution >= 0.6 is 0 Å². The number of carbonyl (C=O) groups is 2. The first kappa shape index (κ1) is 27.7. The number of carbonyl (C=O) groups excluding carboxylic acids is 2. The Bertz CT molecular complexity index is 415. The van der Waals surface area contributed by atoms with Gasteiger partial charge in [-0.3, -0.25) is 4.79 Å². The topological polar surface area (TPSA) is 52.6 Å². The van der Waals surface area contributed by atoms with Gasteiger partial charge < -0.3 is 9.47 Å². The summed E-state index contributed by atoms with van der Waals surface area (Å²) in [7, 11) is 0. The van der Waals surface area contributed by atoms with Crippen molar-refractivity contribution in [2.45, 2.75) is 124 Å². The molecule has 29 heavy (non-hydrogen) atoms. The third-order valence-electron chi connectivity index (χ3n) is 4.99. The molecule has 0 saturated heterocycles. The van der Waals surface area contributed by atoms with E-state index in [4.69, 9.17) is 4.74 Å². The Morgan fingerprint density at radius 1 is 0.759 bits per heavy atom. The molecule has 0 aromatic rings. The fraction of sp³-hybridized carbons (Fsp3) is 0.840. The maximum Gasteiger partial charge on any atom is 0.516 e. The minimum absolute atomic E-state index is 0.291. The second-order valence-corrected chi connectivity index (χ2v) is 8.44. The smallest absolute Gasteiger partial charge is 0.434 e. The Balaban J connectivity index is 3.35. The third-order valence-corrected chi connectivity index (χ3v) is 4.99. The number of esters is 1. The number of rotatable bonds is 19. The molecule has 4 heteroatoms. The second kappa shape index (κ2) is 21.4. The average Bonchev–Trinajstić information content (AvgIpc) is 2.68. The number of unbranched alkanes of at least 4 members (excludes halogenated alkanes) is 11. The number of hydrogen-bond acceptors (Lipinski definition) is 4. The van der Waals surface area contributed by atoms with Crippen LogP contribution in [0, 0.1) is 5.92 Å². The molecule has 0 saturated carbocycles. The van der Waals surface area contributed by atoms with Gasteiger partial charge in [-0.1, -0.05) is 84.3 Å². The molecule has 0 aliphatic carbocycles. The molecule has 0 spiro atoms. The highest BCUT2D eigenvalue weighted by molar-refractivity contribution is 5.81. The molecule has 0 rings (SSSR count). The molecule has 0 radical (unpaired) electrons. The molecule has 0 aliphatic heterocycles. The van der Waals surface area contributed by atoms with Gasteiger partial charge in [0.05, 0.1) is 6.61 Å². The minimum Gasteiger partial charge on any atom is -0.434 e. The van der Waals surface area contributed by atoms with Gasteiger partial charge in [-0.2, -0.15) is 0 Å². The predicted molar refractivity (Wildman–Crippen MR) is 121 cm³/mol. The summed E-state index contributed by atoms with van der Waals surface area (Å²) in [4.78, 5) is 23.0. The van der Waals surface area contributed by atoms with Crippen molar-refractivity contribution in [2.75, 3.05) is 6.61 Å². The van der Waals surface area contributed by atoms with Crippen molar-refractivity contribution in [1.29, 1.82) is 0 Å². The molecule has 0 bridgehead atoms. The lowest BCUT2D eigenvalue weighted by Gasteiger charge is -2.06. The summed E-state index contributed by atoms with van der Waals surface area (Å²) in [5, 5.41) is 0. The van der Waals surface area contributed by atoms with E-state index < -0.39 is 12.1 Å². The van der Waals surface area contributed by atoms with E-state index in [9.17, 15) is 9.59 Å². The summed E-state index contributed by atoms with van der Waals surface area (Å²) in [6, 6.07) is 0. The summed E-state index contributed by atoms with van der Waals surface area (Å²) in [5.41, 5.74) is 0. The van der Waals surface area contributed by atoms with Crippen LogP contribution in [0.3, 0.4) is 0 Å². The van der Waals surface area contributed by atoms with Gasteiger partial charge in [0.2, 0.25) is 0 Å². The second-order valence-electron chi connectivity index (χ2n) is 8.44. The molecule has 0 heterocycles. The van der Waals surface area contributed by atoms with Gasteiger partial charge in [0.25, 0.3) is 0 Å². The van der Waals surface area contributed by atoms with Crippen LogP contribution in [-0.4, -0.2) is 18.7 Å². The van der Waals surface area contributed by atoms with Gasteiger partial charge in [-0.15, -0.1) is 0 Å². The van der Waals surface area contributed by atoms with E-state index >= 15 is 0 Å². The summed E-state index contributed by atoms with van der Waals surface area (Å²) >= 11 is 0. The molecule has 0 atom stereocenters. The fourth-order valence-corrected chi connectivity index (χ4v) is 3.16. The first-order valence-electron chi connectivity index (χ1n) is 12.1. The maximum atomic E-state index is 11.6. The zero-order valence-electron chi connectivity index (χ0n) is 19.4. The Labute approximate surface area is 179 Å². The third kappa shape index (κ3) is 22.8. The molecule has 4 nitrogen and oxygen atoms in total. The zero-order valence-corrected chi connectivity index (χ0v) is 19.4. The largest absolute Gasteiger partial charge is 0.516 e. The van der Waals surface area contributed by atoms with Gasteiger partial charge >= 0.3 is 12.1 Å². The maximum absolute atomic E-state index is 11.6. The van der Waals surface area contributed by atoms with E-state index in [1.54, 1.807) is 0 Å². The van der Waals surface area contributed by atoms with Crippen LogP contribution < -0.4 is 0 Å². The quantitative estimate of drug-likeness (QED) is 0.0933. The van der Waals surface area contributed by atoms with E-state index in [1.165, 1.54) is 57.8 Å². The van der Waals surface area contributed by atoms with Crippen molar-refractivity contribution in [3.05, 3.63) is 12.2 Å². The normalized spacial score (nSPS) is 11.3. The first-order chi connectivity index (χ1) is 14.1. The lowest BCUT2D eigenvalue weighted by molar-refractivity contribution is -0.140. The minimum atomic E-state index is -0.855. The zero-order chi connectivity index (χ0) is 21.6. The van der Waals surface area contributed by atoms with E-state index in [0.29, 0.717) is 18.9 Å². The molecule has 0 fully saturated rings. The van der Waals surface area contributed by atoms with E-state index in [2.05, 4.69) is 37.7 Å². The molecule has 170 valence electrons. The van der Waals surface area contributed by atoms with Crippen molar-refractivity contribution in [1.82, 2.24) is 0 Å². The molecule has 0 aromatic carbocycles. The SMILES string of the molecule is CCCCCCCCC=CCCCCCCCC(=O)OC(=O)OCCCC(C)C. The van der Waals surface area contributed by atoms with Crippen LogP contribution in [0.4, 0.5) is 4.79 Å². The van der Waals surface area contributed by atoms with Gasteiger partial charge in [0.15, 0.2) is 0 Å². The summed E-state index contributed by atoms with van der Waals surface area (Å²) in [6.07, 6.45) is 21.7. The Morgan fingerprint density at radius 3 is 1.90 bits per heavy atom. The highest BCUT2D eigenvalue weighted by atomic mass is 16.7. The standard InChI is InChI=1S/C25H46O4/c1-4-5-6-7-8-9-10-11-12-13-14-15-16-17-18-21-24(26)29-25(27)28-22-19-20-23(2)3/h11-12,23H,4-10,13-22H2,1-3H3. The van der Waals surface area contributed by atoms with E-state index in [-0.39, 0.29) is 0 Å². The van der Waals surface area contributed by atoms with Crippen molar-refractivity contribution < 1.29 is 19.1 Å². The number of hydrogen-bond donors (Lipinski definition) is 0. The van der Waals surface area contributed by atoms with Gasteiger partial charge in [-0.25, -0.2) is 4.79 Å². The van der Waals surface area contributed by atoms with Crippen molar-refractivity contribution in [3.8, 4) is 0 Å². The molecule has 0 aromatic heterocycles. The van der Waals surface area contributed by atoms with Crippen LogP contribution in [0.25, 0.3) is 0 Å². The predicted octanol–water partition coefficient (Wildman–Crippen LogP) is 8.14. The molecular formula is C25H46O4. The van der Waals surface area contributed by atoms with E-state index in [0.717, 1.165) is 38.5 Å². The monoisotopic (exact) mass is 410 g/mol. The van der Waals surface area contributed by atoms with Gasteiger partial charge in [0.1, 0.15) is 0 Å². The van der Waals surface area contributed by atoms with Crippen LogP contribution in [-0.2, 0) is 14.3 Å². The van der Waals surface area contributed by atoms with Gasteiger partial charge in [-0.05, 0) is 50.9 Å². The van der Waals surface area contributed by atoms with Crippen LogP contribution in [0.15, 0.2) is 12.2 Å². The van der Waals surface area contributed by atoms with Crippen LogP contribution in [0.2, 0.25) is 0 Å². The Morgan fingerprint density at radius 2 is 1.31 bits per heavy atom. The average molecular weight is 411 g/mol. The highest BCUT2D eigenvalue weighted by Crippen LogP contribution is 2.10. The van der Waals surface area contributed by atoms with Crippen LogP contribution in [0.1, 0.15) is 124 Å². The molecular weight excluding hydrogens is 364 g/mol. The van der Waals surface area contributed by atoms with Crippen molar-refractivity contribution >= 4 is 12.1 Å². The lowest BCUT2D eigenvalue weighted by Crippen LogP contribution is -2.14. The Hall–Kier alpha value is -1.32. The summed E-state index contributed by atoms with van der Waals surface area (Å²) in [5.74, 6) is 0.105. The summed E-state index contributed by atoms with van der Waals surface area (Å²) in [6.45, 7) is 6.81. The molecule has 0 amide bonds. The van der Waals surface area contributed by atoms with Crippen molar-refractivity contribution in [2.24, 2.45) is 5.92 Å².